The lowest BCUT2D eigenvalue weighted by Crippen LogP contribution is -2.25. The minimum absolute atomic E-state index is 0.628. The third kappa shape index (κ3) is 2.88. The van der Waals surface area contributed by atoms with Crippen LogP contribution in [0.1, 0.15) is 55.4 Å². The van der Waals surface area contributed by atoms with E-state index in [1.807, 2.05) is 6.92 Å². The van der Waals surface area contributed by atoms with Crippen molar-refractivity contribution in [3.63, 3.8) is 0 Å². The van der Waals surface area contributed by atoms with Gasteiger partial charge in [-0.05, 0) is 37.3 Å². The van der Waals surface area contributed by atoms with Crippen LogP contribution < -0.4 is 0 Å². The van der Waals surface area contributed by atoms with Gasteiger partial charge >= 0.3 is 0 Å². The Labute approximate surface area is 124 Å². The minimum Gasteiger partial charge on any atom is -0.464 e. The molecule has 0 radical (unpaired) electrons. The third-order valence-electron chi connectivity index (χ3n) is 4.49. The topological polar surface area (TPSA) is 55.3 Å². The summed E-state index contributed by atoms with van der Waals surface area (Å²) in [4.78, 5) is 2.38. The molecule has 0 amide bonds. The highest BCUT2D eigenvalue weighted by molar-refractivity contribution is 5.17. The summed E-state index contributed by atoms with van der Waals surface area (Å²) in [7, 11) is 0. The predicted molar refractivity (Wildman–Crippen MR) is 76.5 cm³/mol. The zero-order chi connectivity index (χ0) is 14.4. The fourth-order valence-corrected chi connectivity index (χ4v) is 2.93. The van der Waals surface area contributed by atoms with Gasteiger partial charge < -0.3 is 8.83 Å². The molecule has 2 atom stereocenters. The summed E-state index contributed by atoms with van der Waals surface area (Å²) >= 11 is 0. The van der Waals surface area contributed by atoms with Crippen molar-refractivity contribution in [3.05, 3.63) is 35.4 Å². The Bertz CT molecular complexity index is 629. The average Bonchev–Trinajstić information content (AvgIpc) is 3.34. The fourth-order valence-electron chi connectivity index (χ4n) is 2.93. The van der Waals surface area contributed by atoms with Gasteiger partial charge in [0.15, 0.2) is 0 Å². The average molecular weight is 287 g/mol. The summed E-state index contributed by atoms with van der Waals surface area (Å²) in [6, 6.07) is 4.89. The Hall–Kier alpha value is -1.62. The molecule has 2 aliphatic carbocycles. The summed E-state index contributed by atoms with van der Waals surface area (Å²) < 4.78 is 11.5. The number of hydrogen-bond acceptors (Lipinski definition) is 5. The monoisotopic (exact) mass is 287 g/mol. The van der Waals surface area contributed by atoms with Gasteiger partial charge in [-0.1, -0.05) is 6.92 Å². The fraction of sp³-hybridized carbons (Fsp3) is 0.625. The van der Waals surface area contributed by atoms with Crippen molar-refractivity contribution in [1.82, 2.24) is 15.1 Å². The Morgan fingerprint density at radius 1 is 1.19 bits per heavy atom. The molecule has 0 saturated heterocycles. The second-order valence-corrected chi connectivity index (χ2v) is 6.47. The van der Waals surface area contributed by atoms with E-state index >= 15 is 0 Å². The van der Waals surface area contributed by atoms with E-state index < -0.39 is 0 Å². The van der Waals surface area contributed by atoms with Crippen LogP contribution in [0.4, 0.5) is 0 Å². The number of aromatic nitrogens is 2. The third-order valence-corrected chi connectivity index (χ3v) is 4.49. The van der Waals surface area contributed by atoms with E-state index in [9.17, 15) is 0 Å². The summed E-state index contributed by atoms with van der Waals surface area (Å²) in [5.41, 5.74) is 0. The van der Waals surface area contributed by atoms with E-state index in [1.165, 1.54) is 19.3 Å². The van der Waals surface area contributed by atoms with Crippen LogP contribution in [0.3, 0.4) is 0 Å². The zero-order valence-electron chi connectivity index (χ0n) is 12.6. The molecule has 0 spiro atoms. The van der Waals surface area contributed by atoms with Gasteiger partial charge in [0.1, 0.15) is 11.5 Å². The smallest absolute Gasteiger partial charge is 0.230 e. The maximum Gasteiger partial charge on any atom is 0.230 e. The maximum absolute atomic E-state index is 6.02. The molecule has 4 rings (SSSR count). The lowest BCUT2D eigenvalue weighted by molar-refractivity contribution is 0.201. The van der Waals surface area contributed by atoms with Gasteiger partial charge in [-0.3, -0.25) is 4.90 Å². The van der Waals surface area contributed by atoms with E-state index in [4.69, 9.17) is 8.83 Å². The van der Waals surface area contributed by atoms with Crippen LogP contribution in [0.25, 0.3) is 0 Å². The normalized spacial score (nSPS) is 24.7. The first-order chi connectivity index (χ1) is 10.2. The first kappa shape index (κ1) is 13.1. The van der Waals surface area contributed by atoms with Crippen molar-refractivity contribution in [3.8, 4) is 0 Å². The van der Waals surface area contributed by atoms with Crippen LogP contribution in [-0.4, -0.2) is 21.1 Å². The molecule has 2 fully saturated rings. The molecular weight excluding hydrogens is 266 g/mol. The molecule has 2 aliphatic rings. The molecule has 2 aromatic heterocycles. The van der Waals surface area contributed by atoms with Crippen LogP contribution in [0, 0.1) is 12.8 Å². The molecule has 0 aliphatic heterocycles. The number of rotatable bonds is 6. The summed E-state index contributed by atoms with van der Waals surface area (Å²) in [5.74, 6) is 4.96. The van der Waals surface area contributed by atoms with Gasteiger partial charge in [0.05, 0.1) is 13.1 Å². The summed E-state index contributed by atoms with van der Waals surface area (Å²) in [6.07, 6.45) is 3.77. The van der Waals surface area contributed by atoms with Crippen LogP contribution in [0.2, 0.25) is 0 Å². The Kier molecular flexibility index (Phi) is 3.10. The molecule has 21 heavy (non-hydrogen) atoms. The molecule has 5 nitrogen and oxygen atoms in total. The predicted octanol–water partition coefficient (Wildman–Crippen LogP) is 3.26. The molecule has 5 heteroatoms. The largest absolute Gasteiger partial charge is 0.464 e. The highest BCUT2D eigenvalue weighted by atomic mass is 16.4. The molecule has 0 aromatic carbocycles. The molecule has 112 valence electrons. The number of hydrogen-bond donors (Lipinski definition) is 0. The molecule has 0 N–H and O–H groups in total. The molecular formula is C16H21N3O2. The van der Waals surface area contributed by atoms with Gasteiger partial charge in [-0.15, -0.1) is 10.2 Å². The quantitative estimate of drug-likeness (QED) is 0.816. The first-order valence-electron chi connectivity index (χ1n) is 7.80. The Morgan fingerprint density at radius 2 is 2.00 bits per heavy atom. The van der Waals surface area contributed by atoms with Crippen LogP contribution in [0.5, 0.6) is 0 Å². The van der Waals surface area contributed by atoms with Gasteiger partial charge in [0, 0.05) is 18.9 Å². The molecule has 2 heterocycles. The number of nitrogens with zero attached hydrogens (tertiary/aromatic N) is 3. The van der Waals surface area contributed by atoms with E-state index in [1.54, 1.807) is 0 Å². The zero-order valence-corrected chi connectivity index (χ0v) is 12.6. The van der Waals surface area contributed by atoms with Gasteiger partial charge in [0.2, 0.25) is 11.8 Å². The van der Waals surface area contributed by atoms with Gasteiger partial charge in [0.25, 0.3) is 0 Å². The number of aryl methyl sites for hydroxylation is 1. The summed E-state index contributed by atoms with van der Waals surface area (Å²) in [6.45, 7) is 5.64. The number of furan rings is 1. The van der Waals surface area contributed by atoms with Crippen molar-refractivity contribution >= 4 is 0 Å². The lowest BCUT2D eigenvalue weighted by Gasteiger charge is -2.18. The highest BCUT2D eigenvalue weighted by Gasteiger charge is 2.37. The molecule has 2 saturated carbocycles. The van der Waals surface area contributed by atoms with Crippen LogP contribution >= 0.6 is 0 Å². The molecule has 0 bridgehead atoms. The van der Waals surface area contributed by atoms with Crippen molar-refractivity contribution in [1.29, 1.82) is 0 Å². The maximum atomic E-state index is 6.02. The second-order valence-electron chi connectivity index (χ2n) is 6.47. The SMILES string of the molecule is Cc1nnc(CN(Cc2ccc(C3CC3C)o2)C2CC2)o1. The van der Waals surface area contributed by atoms with Crippen LogP contribution in [0.15, 0.2) is 21.0 Å². The van der Waals surface area contributed by atoms with E-state index in [0.717, 1.165) is 24.0 Å². The van der Waals surface area contributed by atoms with Crippen LogP contribution in [-0.2, 0) is 13.1 Å². The minimum atomic E-state index is 0.628. The van der Waals surface area contributed by atoms with Crippen molar-refractivity contribution in [2.75, 3.05) is 0 Å². The van der Waals surface area contributed by atoms with Gasteiger partial charge in [-0.25, -0.2) is 0 Å². The standard InChI is InChI=1S/C16H21N3O2/c1-10-7-14(10)15-6-5-13(21-15)8-19(12-3-4-12)9-16-18-17-11(2)20-16/h5-6,10,12,14H,3-4,7-9H2,1-2H3. The molecule has 2 aromatic rings. The van der Waals surface area contributed by atoms with E-state index in [-0.39, 0.29) is 0 Å². The first-order valence-corrected chi connectivity index (χ1v) is 7.80. The summed E-state index contributed by atoms with van der Waals surface area (Å²) in [5, 5.41) is 8.01. The van der Waals surface area contributed by atoms with E-state index in [2.05, 4.69) is 34.2 Å². The Morgan fingerprint density at radius 3 is 2.62 bits per heavy atom. The second kappa shape index (κ2) is 4.98. The van der Waals surface area contributed by atoms with Gasteiger partial charge in [-0.2, -0.15) is 0 Å². The Balaban J connectivity index is 1.43. The van der Waals surface area contributed by atoms with Crippen molar-refractivity contribution < 1.29 is 8.83 Å². The van der Waals surface area contributed by atoms with E-state index in [0.29, 0.717) is 30.3 Å². The van der Waals surface area contributed by atoms with Crippen molar-refractivity contribution in [2.45, 2.75) is 58.2 Å². The highest BCUT2D eigenvalue weighted by Crippen LogP contribution is 2.47. The molecule has 2 unspecified atom stereocenters. The van der Waals surface area contributed by atoms with Crippen molar-refractivity contribution in [2.24, 2.45) is 5.92 Å². The lowest BCUT2D eigenvalue weighted by atomic mass is 10.3.